The molecule has 0 radical (unpaired) electrons. The predicted molar refractivity (Wildman–Crippen MR) is 114 cm³/mol. The number of pyridine rings is 1. The highest BCUT2D eigenvalue weighted by Gasteiger charge is 2.42. The molecule has 1 aromatic carbocycles. The van der Waals surface area contributed by atoms with Gasteiger partial charge in [0.1, 0.15) is 5.82 Å². The van der Waals surface area contributed by atoms with Gasteiger partial charge >= 0.3 is 0 Å². The standard InChI is InChI=1S/C20H19F3N6O3S/c1-11-10-29(7-5-20(11,22)23)18-17(27-14-3-2-12(21)8-15(14)28-18)19(30)26-13-4-6-25-16(9-13)33(24,31)32/h2-4,6,8-9,11H,5,7,10H2,1H3,(H2,24,31,32)(H,25,26,30). The maximum absolute atomic E-state index is 14.0. The zero-order chi connectivity index (χ0) is 24.0. The van der Waals surface area contributed by atoms with Gasteiger partial charge in [0.15, 0.2) is 16.5 Å². The number of sulfonamides is 1. The van der Waals surface area contributed by atoms with Crippen LogP contribution >= 0.6 is 0 Å². The molecule has 4 rings (SSSR count). The second kappa shape index (κ2) is 8.23. The molecule has 0 saturated carbocycles. The number of rotatable bonds is 4. The quantitative estimate of drug-likeness (QED) is 0.587. The first-order chi connectivity index (χ1) is 15.4. The Morgan fingerprint density at radius 3 is 2.67 bits per heavy atom. The number of carbonyl (C=O) groups excluding carboxylic acids is 1. The van der Waals surface area contributed by atoms with E-state index in [0.29, 0.717) is 0 Å². The van der Waals surface area contributed by atoms with Crippen LogP contribution in [0.4, 0.5) is 24.7 Å². The van der Waals surface area contributed by atoms with Gasteiger partial charge in [0, 0.05) is 49.4 Å². The van der Waals surface area contributed by atoms with Crippen molar-refractivity contribution < 1.29 is 26.4 Å². The summed E-state index contributed by atoms with van der Waals surface area (Å²) in [5.74, 6) is -5.18. The molecule has 2 aromatic heterocycles. The number of nitrogens with one attached hydrogen (secondary N) is 1. The molecule has 1 atom stereocenters. The van der Waals surface area contributed by atoms with E-state index in [9.17, 15) is 26.4 Å². The molecule has 3 heterocycles. The maximum Gasteiger partial charge on any atom is 0.278 e. The summed E-state index contributed by atoms with van der Waals surface area (Å²) in [6.45, 7) is 1.22. The molecule has 13 heteroatoms. The van der Waals surface area contributed by atoms with Crippen molar-refractivity contribution in [2.75, 3.05) is 23.3 Å². The highest BCUT2D eigenvalue weighted by atomic mass is 32.2. The second-order valence-electron chi connectivity index (χ2n) is 7.77. The van der Waals surface area contributed by atoms with E-state index >= 15 is 0 Å². The number of aromatic nitrogens is 3. The minimum Gasteiger partial charge on any atom is -0.354 e. The SMILES string of the molecule is CC1CN(c2nc3cc(F)ccc3nc2C(=O)Nc2ccnc(S(N)(=O)=O)c2)CCC1(F)F. The number of hydrogen-bond acceptors (Lipinski definition) is 7. The fraction of sp³-hybridized carbons (Fsp3) is 0.300. The van der Waals surface area contributed by atoms with Gasteiger partial charge in [0.25, 0.3) is 21.9 Å². The topological polar surface area (TPSA) is 131 Å². The molecule has 0 spiro atoms. The summed E-state index contributed by atoms with van der Waals surface area (Å²) >= 11 is 0. The van der Waals surface area contributed by atoms with Crippen molar-refractivity contribution >= 4 is 38.5 Å². The molecule has 33 heavy (non-hydrogen) atoms. The third kappa shape index (κ3) is 4.73. The fourth-order valence-electron chi connectivity index (χ4n) is 3.50. The normalized spacial score (nSPS) is 18.3. The van der Waals surface area contributed by atoms with Crippen LogP contribution in [0.3, 0.4) is 0 Å². The number of nitrogens with zero attached hydrogens (tertiary/aromatic N) is 4. The van der Waals surface area contributed by atoms with Crippen molar-refractivity contribution in [3.8, 4) is 0 Å². The molecule has 1 unspecified atom stereocenters. The smallest absolute Gasteiger partial charge is 0.278 e. The van der Waals surface area contributed by atoms with Crippen LogP contribution in [-0.4, -0.2) is 48.3 Å². The van der Waals surface area contributed by atoms with E-state index in [1.165, 1.54) is 24.0 Å². The summed E-state index contributed by atoms with van der Waals surface area (Å²) in [5.41, 5.74) is 0.276. The van der Waals surface area contributed by atoms with Gasteiger partial charge in [-0.25, -0.2) is 41.7 Å². The Kier molecular flexibility index (Phi) is 5.70. The number of primary sulfonamides is 1. The number of amides is 1. The molecule has 174 valence electrons. The summed E-state index contributed by atoms with van der Waals surface area (Å²) in [5, 5.41) is 7.13. The lowest BCUT2D eigenvalue weighted by molar-refractivity contribution is -0.0652. The highest BCUT2D eigenvalue weighted by molar-refractivity contribution is 7.89. The lowest BCUT2D eigenvalue weighted by Crippen LogP contribution is -2.46. The van der Waals surface area contributed by atoms with Crippen molar-refractivity contribution in [3.63, 3.8) is 0 Å². The minimum atomic E-state index is -4.11. The Morgan fingerprint density at radius 1 is 1.21 bits per heavy atom. The first-order valence-corrected chi connectivity index (χ1v) is 11.4. The molecule has 0 bridgehead atoms. The van der Waals surface area contributed by atoms with E-state index < -0.39 is 45.0 Å². The van der Waals surface area contributed by atoms with E-state index in [2.05, 4.69) is 20.3 Å². The third-order valence-corrected chi connectivity index (χ3v) is 6.14. The van der Waals surface area contributed by atoms with E-state index in [0.717, 1.165) is 24.4 Å². The zero-order valence-electron chi connectivity index (χ0n) is 17.3. The Labute approximate surface area is 186 Å². The number of hydrogen-bond donors (Lipinski definition) is 2. The summed E-state index contributed by atoms with van der Waals surface area (Å²) in [4.78, 5) is 26.9. The first-order valence-electron chi connectivity index (χ1n) is 9.84. The summed E-state index contributed by atoms with van der Waals surface area (Å²) in [6.07, 6.45) is 0.708. The fourth-order valence-corrected chi connectivity index (χ4v) is 4.00. The Hall–Kier alpha value is -3.32. The number of piperidine rings is 1. The Balaban J connectivity index is 1.75. The molecular formula is C20H19F3N6O3S. The average molecular weight is 480 g/mol. The van der Waals surface area contributed by atoms with Crippen molar-refractivity contribution in [2.45, 2.75) is 24.3 Å². The van der Waals surface area contributed by atoms with Crippen LogP contribution in [0, 0.1) is 11.7 Å². The average Bonchev–Trinajstić information content (AvgIpc) is 2.74. The lowest BCUT2D eigenvalue weighted by Gasteiger charge is -2.37. The van der Waals surface area contributed by atoms with Gasteiger partial charge in [-0.15, -0.1) is 0 Å². The van der Waals surface area contributed by atoms with Crippen molar-refractivity contribution in [2.24, 2.45) is 11.1 Å². The molecule has 1 aliphatic heterocycles. The predicted octanol–water partition coefficient (Wildman–Crippen LogP) is 2.55. The van der Waals surface area contributed by atoms with Crippen molar-refractivity contribution in [1.29, 1.82) is 0 Å². The number of halogens is 3. The number of benzene rings is 1. The van der Waals surface area contributed by atoms with Gasteiger partial charge in [-0.3, -0.25) is 4.79 Å². The van der Waals surface area contributed by atoms with E-state index in [-0.39, 0.29) is 41.3 Å². The molecule has 1 amide bonds. The van der Waals surface area contributed by atoms with Crippen LogP contribution in [0.2, 0.25) is 0 Å². The monoisotopic (exact) mass is 480 g/mol. The van der Waals surface area contributed by atoms with Gasteiger partial charge < -0.3 is 10.2 Å². The number of fused-ring (bicyclic) bond motifs is 1. The molecule has 1 aliphatic rings. The summed E-state index contributed by atoms with van der Waals surface area (Å²) in [7, 11) is -4.11. The second-order valence-corrected chi connectivity index (χ2v) is 9.28. The minimum absolute atomic E-state index is 0.0219. The third-order valence-electron chi connectivity index (χ3n) is 5.34. The van der Waals surface area contributed by atoms with Crippen LogP contribution in [0.5, 0.6) is 0 Å². The largest absolute Gasteiger partial charge is 0.354 e. The van der Waals surface area contributed by atoms with Gasteiger partial charge in [-0.1, -0.05) is 6.92 Å². The number of alkyl halides is 2. The number of carbonyl (C=O) groups is 1. The Morgan fingerprint density at radius 2 is 1.97 bits per heavy atom. The van der Waals surface area contributed by atoms with Crippen molar-refractivity contribution in [1.82, 2.24) is 15.0 Å². The maximum atomic E-state index is 14.0. The molecule has 0 aliphatic carbocycles. The van der Waals surface area contributed by atoms with Crippen LogP contribution in [0.15, 0.2) is 41.6 Å². The molecule has 3 aromatic rings. The van der Waals surface area contributed by atoms with Crippen LogP contribution in [0.25, 0.3) is 11.0 Å². The van der Waals surface area contributed by atoms with E-state index in [1.54, 1.807) is 0 Å². The lowest BCUT2D eigenvalue weighted by atomic mass is 9.95. The first kappa shape index (κ1) is 22.9. The van der Waals surface area contributed by atoms with Gasteiger partial charge in [0.05, 0.1) is 11.0 Å². The van der Waals surface area contributed by atoms with Crippen LogP contribution in [-0.2, 0) is 10.0 Å². The van der Waals surface area contributed by atoms with E-state index in [4.69, 9.17) is 5.14 Å². The number of anilines is 2. The summed E-state index contributed by atoms with van der Waals surface area (Å²) < 4.78 is 64.8. The molecule has 9 nitrogen and oxygen atoms in total. The summed E-state index contributed by atoms with van der Waals surface area (Å²) in [6, 6.07) is 6.05. The van der Waals surface area contributed by atoms with Crippen LogP contribution in [0.1, 0.15) is 23.8 Å². The van der Waals surface area contributed by atoms with Gasteiger partial charge in [-0.05, 0) is 18.2 Å². The number of nitrogens with two attached hydrogens (primary N) is 1. The molecule has 1 saturated heterocycles. The van der Waals surface area contributed by atoms with Gasteiger partial charge in [0.2, 0.25) is 0 Å². The van der Waals surface area contributed by atoms with E-state index in [1.807, 2.05) is 0 Å². The van der Waals surface area contributed by atoms with Crippen LogP contribution < -0.4 is 15.4 Å². The van der Waals surface area contributed by atoms with Crippen molar-refractivity contribution in [3.05, 3.63) is 48.0 Å². The van der Waals surface area contributed by atoms with Gasteiger partial charge in [-0.2, -0.15) is 0 Å². The Bertz CT molecular complexity index is 1350. The highest BCUT2D eigenvalue weighted by Crippen LogP contribution is 2.35. The molecule has 1 fully saturated rings. The zero-order valence-corrected chi connectivity index (χ0v) is 18.1. The molecular weight excluding hydrogens is 461 g/mol. The molecule has 3 N–H and O–H groups in total.